The first-order valence-corrected chi connectivity index (χ1v) is 11.2. The number of rotatable bonds is 4. The molecule has 178 valence electrons. The van der Waals surface area contributed by atoms with Crippen molar-refractivity contribution in [3.05, 3.63) is 29.3 Å². The maximum absolute atomic E-state index is 13.5. The van der Waals surface area contributed by atoms with Gasteiger partial charge in [0.25, 0.3) is 5.91 Å². The van der Waals surface area contributed by atoms with Crippen LogP contribution in [0.3, 0.4) is 0 Å². The molecule has 2 aliphatic rings. The average Bonchev–Trinajstić information content (AvgIpc) is 2.94. The van der Waals surface area contributed by atoms with Crippen LogP contribution >= 0.6 is 12.2 Å². The fraction of sp³-hybridized carbons (Fsp3) is 0.545. The zero-order chi connectivity index (χ0) is 24.6. The average molecular weight is 482 g/mol. The van der Waals surface area contributed by atoms with E-state index in [9.17, 15) is 22.8 Å². The van der Waals surface area contributed by atoms with Gasteiger partial charge in [0, 0.05) is 25.7 Å². The number of hydrogen-bond donors (Lipinski definition) is 1. The molecule has 2 aliphatic heterocycles. The van der Waals surface area contributed by atoms with E-state index in [4.69, 9.17) is 17.5 Å². The quantitative estimate of drug-likeness (QED) is 0.661. The van der Waals surface area contributed by atoms with E-state index in [1.54, 1.807) is 29.7 Å². The molecule has 0 unspecified atom stereocenters. The molecule has 11 heteroatoms. The Kier molecular flexibility index (Phi) is 6.88. The van der Waals surface area contributed by atoms with Crippen LogP contribution in [0.25, 0.3) is 0 Å². The third kappa shape index (κ3) is 4.62. The van der Waals surface area contributed by atoms with Crippen LogP contribution in [0.15, 0.2) is 18.2 Å². The number of halogens is 3. The van der Waals surface area contributed by atoms with Crippen LogP contribution in [-0.2, 0) is 11.0 Å². The number of hydrogen-bond acceptors (Lipinski definition) is 4. The largest absolute Gasteiger partial charge is 0.417 e. The van der Waals surface area contributed by atoms with Crippen LogP contribution in [-0.4, -0.2) is 58.1 Å². The molecule has 0 bridgehead atoms. The molecule has 0 radical (unpaired) electrons. The molecule has 0 aliphatic carbocycles. The lowest BCUT2D eigenvalue weighted by Gasteiger charge is -2.41. The van der Waals surface area contributed by atoms with E-state index >= 15 is 0 Å². The Labute approximate surface area is 196 Å². The lowest BCUT2D eigenvalue weighted by molar-refractivity contribution is -0.137. The molecule has 3 rings (SSSR count). The van der Waals surface area contributed by atoms with Crippen molar-refractivity contribution >= 4 is 35.0 Å². The number of thiocarbonyl (C=S) groups is 1. The van der Waals surface area contributed by atoms with Crippen LogP contribution in [0, 0.1) is 11.3 Å². The van der Waals surface area contributed by atoms with Crippen molar-refractivity contribution in [3.8, 4) is 6.07 Å². The lowest BCUT2D eigenvalue weighted by atomic mass is 9.96. The van der Waals surface area contributed by atoms with E-state index < -0.39 is 28.7 Å². The van der Waals surface area contributed by atoms with E-state index in [0.717, 1.165) is 23.5 Å². The van der Waals surface area contributed by atoms with Crippen molar-refractivity contribution in [2.24, 2.45) is 0 Å². The van der Waals surface area contributed by atoms with Crippen molar-refractivity contribution < 1.29 is 22.8 Å². The van der Waals surface area contributed by atoms with Crippen LogP contribution in [0.5, 0.6) is 0 Å². The Balaban J connectivity index is 1.84. The van der Waals surface area contributed by atoms with Crippen molar-refractivity contribution in [1.82, 2.24) is 15.1 Å². The number of piperidine rings is 1. The summed E-state index contributed by atoms with van der Waals surface area (Å²) in [5.74, 6) is -0.437. The first-order valence-electron chi connectivity index (χ1n) is 10.8. The van der Waals surface area contributed by atoms with E-state index in [-0.39, 0.29) is 22.9 Å². The second-order valence-electron chi connectivity index (χ2n) is 8.64. The summed E-state index contributed by atoms with van der Waals surface area (Å²) in [5.41, 5.74) is -2.72. The van der Waals surface area contributed by atoms with Crippen molar-refractivity contribution in [1.29, 1.82) is 5.26 Å². The Morgan fingerprint density at radius 3 is 2.48 bits per heavy atom. The second-order valence-corrected chi connectivity index (χ2v) is 9.01. The number of carbonyl (C=O) groups excluding carboxylic acids is 2. The number of amides is 3. The number of anilines is 1. The first-order chi connectivity index (χ1) is 15.4. The fourth-order valence-corrected chi connectivity index (χ4v) is 4.89. The maximum atomic E-state index is 13.5. The van der Waals surface area contributed by atoms with Gasteiger partial charge in [-0.05, 0) is 63.5 Å². The number of carbonyl (C=O) groups is 2. The molecule has 2 saturated heterocycles. The number of urea groups is 1. The van der Waals surface area contributed by atoms with Gasteiger partial charge in [-0.2, -0.15) is 18.4 Å². The summed E-state index contributed by atoms with van der Waals surface area (Å²) in [4.78, 5) is 30.1. The maximum Gasteiger partial charge on any atom is 0.417 e. The molecular weight excluding hydrogens is 455 g/mol. The van der Waals surface area contributed by atoms with E-state index in [0.29, 0.717) is 32.5 Å². The molecule has 2 fully saturated rings. The number of alkyl halides is 3. The third-order valence-electron chi connectivity index (χ3n) is 6.06. The molecule has 1 N–H and O–H groups in total. The molecule has 0 aromatic heterocycles. The molecule has 1 aromatic rings. The highest BCUT2D eigenvalue weighted by Crippen LogP contribution is 2.39. The number of benzene rings is 1. The van der Waals surface area contributed by atoms with Crippen LogP contribution < -0.4 is 10.2 Å². The van der Waals surface area contributed by atoms with E-state index in [1.165, 1.54) is 6.07 Å². The minimum absolute atomic E-state index is 0.0247. The van der Waals surface area contributed by atoms with E-state index in [2.05, 4.69) is 5.32 Å². The summed E-state index contributed by atoms with van der Waals surface area (Å²) in [6.07, 6.45) is -2.76. The van der Waals surface area contributed by atoms with Gasteiger partial charge >= 0.3 is 12.2 Å². The molecule has 7 nitrogen and oxygen atoms in total. The van der Waals surface area contributed by atoms with Gasteiger partial charge in [-0.3, -0.25) is 9.69 Å². The fourth-order valence-electron chi connectivity index (χ4n) is 4.32. The van der Waals surface area contributed by atoms with Gasteiger partial charge in [-0.1, -0.05) is 6.92 Å². The lowest BCUT2D eigenvalue weighted by Crippen LogP contribution is -2.55. The second kappa shape index (κ2) is 9.17. The standard InChI is InChI=1S/C22H26F3N5O2S/c1-4-9-27-19(32)28-10-7-15(8-11-28)30-20(33)29(18(31)21(30,2)3)16-6-5-14(13-26)17(12-16)22(23,24)25/h5-6,12,15H,4,7-11H2,1-3H3,(H,27,32). The molecule has 3 amide bonds. The first kappa shape index (κ1) is 24.8. The Morgan fingerprint density at radius 2 is 1.94 bits per heavy atom. The van der Waals surface area contributed by atoms with Crippen molar-refractivity contribution in [2.75, 3.05) is 24.5 Å². The SMILES string of the molecule is CCCNC(=O)N1CCC(N2C(=S)N(c3ccc(C#N)c(C(F)(F)F)c3)C(=O)C2(C)C)CC1. The molecule has 33 heavy (non-hydrogen) atoms. The monoisotopic (exact) mass is 481 g/mol. The van der Waals surface area contributed by atoms with Gasteiger partial charge in [-0.25, -0.2) is 4.79 Å². The Hall–Kier alpha value is -2.87. The summed E-state index contributed by atoms with van der Waals surface area (Å²) < 4.78 is 40.4. The zero-order valence-corrected chi connectivity index (χ0v) is 19.5. The molecule has 2 heterocycles. The Bertz CT molecular complexity index is 997. The molecule has 0 atom stereocenters. The van der Waals surface area contributed by atoms with Crippen LogP contribution in [0.2, 0.25) is 0 Å². The highest BCUT2D eigenvalue weighted by Gasteiger charge is 2.52. The molecule has 1 aromatic carbocycles. The number of likely N-dealkylation sites (tertiary alicyclic amines) is 1. The summed E-state index contributed by atoms with van der Waals surface area (Å²) in [6, 6.07) is 4.42. The minimum Gasteiger partial charge on any atom is -0.338 e. The molecular formula is C22H26F3N5O2S. The predicted octanol–water partition coefficient (Wildman–Crippen LogP) is 3.87. The topological polar surface area (TPSA) is 79.7 Å². The van der Waals surface area contributed by atoms with Gasteiger partial charge in [0.15, 0.2) is 5.11 Å². The number of nitrogens with zero attached hydrogens (tertiary/aromatic N) is 4. The number of nitriles is 1. The zero-order valence-electron chi connectivity index (χ0n) is 18.7. The Morgan fingerprint density at radius 1 is 1.30 bits per heavy atom. The van der Waals surface area contributed by atoms with Gasteiger partial charge in [0.2, 0.25) is 0 Å². The van der Waals surface area contributed by atoms with Gasteiger partial charge in [-0.15, -0.1) is 0 Å². The molecule has 0 spiro atoms. The van der Waals surface area contributed by atoms with Gasteiger partial charge < -0.3 is 15.1 Å². The summed E-state index contributed by atoms with van der Waals surface area (Å²) >= 11 is 5.58. The third-order valence-corrected chi connectivity index (χ3v) is 6.44. The smallest absolute Gasteiger partial charge is 0.338 e. The van der Waals surface area contributed by atoms with Crippen molar-refractivity contribution in [3.63, 3.8) is 0 Å². The number of nitrogens with one attached hydrogen (secondary N) is 1. The minimum atomic E-state index is -4.74. The van der Waals surface area contributed by atoms with Crippen LogP contribution in [0.1, 0.15) is 51.2 Å². The summed E-state index contributed by atoms with van der Waals surface area (Å²) in [6.45, 7) is 6.91. The molecule has 0 saturated carbocycles. The van der Waals surface area contributed by atoms with Gasteiger partial charge in [0.1, 0.15) is 5.54 Å². The highest BCUT2D eigenvalue weighted by molar-refractivity contribution is 7.80. The van der Waals surface area contributed by atoms with Gasteiger partial charge in [0.05, 0.1) is 22.9 Å². The van der Waals surface area contributed by atoms with E-state index in [1.807, 2.05) is 6.92 Å². The van der Waals surface area contributed by atoms with Crippen molar-refractivity contribution in [2.45, 2.75) is 57.8 Å². The summed E-state index contributed by atoms with van der Waals surface area (Å²) in [5, 5.41) is 12.0. The highest BCUT2D eigenvalue weighted by atomic mass is 32.1. The summed E-state index contributed by atoms with van der Waals surface area (Å²) in [7, 11) is 0. The normalized spacial score (nSPS) is 19.1. The predicted molar refractivity (Wildman–Crippen MR) is 120 cm³/mol. The van der Waals surface area contributed by atoms with Crippen LogP contribution in [0.4, 0.5) is 23.7 Å².